The van der Waals surface area contributed by atoms with Gasteiger partial charge in [0.25, 0.3) is 0 Å². The molecule has 3 heterocycles. The molecule has 2 bridgehead atoms. The Hall–Kier alpha value is -2.19. The first-order chi connectivity index (χ1) is 15.7. The molecule has 0 saturated carbocycles. The van der Waals surface area contributed by atoms with Crippen LogP contribution in [0.2, 0.25) is 0 Å². The number of aliphatic hydroxyl groups excluding tert-OH is 1. The fraction of sp³-hybridized carbons (Fsp3) is 0.720. The molecule has 33 heavy (non-hydrogen) atoms. The molecule has 3 rings (SSSR count). The average molecular weight is 463 g/mol. The summed E-state index contributed by atoms with van der Waals surface area (Å²) in [6.07, 6.45) is 6.32. The van der Waals surface area contributed by atoms with Crippen LogP contribution in [-0.2, 0) is 23.9 Å². The normalized spacial score (nSPS) is 32.2. The molecule has 0 aromatic carbocycles. The van der Waals surface area contributed by atoms with Crippen molar-refractivity contribution in [3.8, 4) is 0 Å². The summed E-state index contributed by atoms with van der Waals surface area (Å²) >= 11 is 0. The van der Waals surface area contributed by atoms with E-state index in [0.717, 1.165) is 6.42 Å². The summed E-state index contributed by atoms with van der Waals surface area (Å²) < 4.78 is 11.9. The van der Waals surface area contributed by atoms with Crippen molar-refractivity contribution in [2.75, 3.05) is 26.3 Å². The molecule has 5 atom stereocenters. The van der Waals surface area contributed by atoms with E-state index >= 15 is 0 Å². The van der Waals surface area contributed by atoms with Gasteiger partial charge in [-0.15, -0.1) is 6.58 Å². The predicted octanol–water partition coefficient (Wildman–Crippen LogP) is 2.07. The van der Waals surface area contributed by atoms with Gasteiger partial charge in [-0.25, -0.2) is 0 Å². The Labute approximate surface area is 196 Å². The van der Waals surface area contributed by atoms with Crippen LogP contribution in [0.5, 0.6) is 0 Å². The minimum Gasteiger partial charge on any atom is -0.461 e. The summed E-state index contributed by atoms with van der Waals surface area (Å²) in [7, 11) is 0. The zero-order chi connectivity index (χ0) is 24.4. The molecule has 3 aliphatic heterocycles. The van der Waals surface area contributed by atoms with Crippen LogP contribution in [0.4, 0.5) is 0 Å². The minimum atomic E-state index is -1.05. The SMILES string of the molecule is C=CCOC(=O)[C@@H]1[C@H]2C(=O)N(CCCCCO)C(C(=O)N(CC=C)C(C)C)C23CC[C@@]1(C)O3. The molecule has 0 aromatic heterocycles. The first kappa shape index (κ1) is 25.4. The van der Waals surface area contributed by atoms with Crippen molar-refractivity contribution in [1.29, 1.82) is 0 Å². The Morgan fingerprint density at radius 1 is 1.27 bits per heavy atom. The summed E-state index contributed by atoms with van der Waals surface area (Å²) in [5.41, 5.74) is -1.90. The third-order valence-corrected chi connectivity index (χ3v) is 7.40. The van der Waals surface area contributed by atoms with Crippen molar-refractivity contribution in [2.45, 2.75) is 76.2 Å². The summed E-state index contributed by atoms with van der Waals surface area (Å²) in [5, 5.41) is 9.13. The van der Waals surface area contributed by atoms with E-state index in [-0.39, 0.29) is 31.1 Å². The van der Waals surface area contributed by atoms with Crippen molar-refractivity contribution >= 4 is 17.8 Å². The number of carbonyl (C=O) groups is 3. The van der Waals surface area contributed by atoms with Crippen LogP contribution in [0.15, 0.2) is 25.3 Å². The molecule has 3 fully saturated rings. The van der Waals surface area contributed by atoms with E-state index in [0.29, 0.717) is 38.8 Å². The summed E-state index contributed by atoms with van der Waals surface area (Å²) in [5.74, 6) is -2.38. The lowest BCUT2D eigenvalue weighted by Crippen LogP contribution is -2.57. The number of fused-ring (bicyclic) bond motifs is 1. The largest absolute Gasteiger partial charge is 0.461 e. The standard InChI is InChI=1S/C25H38N2O6/c1-6-13-26(17(3)4)22(30)20-25-12-11-24(5,33-25)19(23(31)32-16-7-2)18(25)21(29)27(20)14-9-8-10-15-28/h6-7,17-20,28H,1-2,8-16H2,3-5H3/t18-,19-,20?,24+,25?/m0/s1. The number of ether oxygens (including phenoxy) is 2. The number of likely N-dealkylation sites (tertiary alicyclic amines) is 1. The van der Waals surface area contributed by atoms with E-state index in [1.165, 1.54) is 6.08 Å². The zero-order valence-corrected chi connectivity index (χ0v) is 20.1. The second-order valence-corrected chi connectivity index (χ2v) is 9.84. The van der Waals surface area contributed by atoms with E-state index < -0.39 is 35.0 Å². The molecule has 0 aromatic rings. The Balaban J connectivity index is 2.01. The van der Waals surface area contributed by atoms with Gasteiger partial charge in [0.05, 0.1) is 11.5 Å². The van der Waals surface area contributed by atoms with Crippen LogP contribution in [0.25, 0.3) is 0 Å². The summed E-state index contributed by atoms with van der Waals surface area (Å²) in [4.78, 5) is 44.1. The third-order valence-electron chi connectivity index (χ3n) is 7.40. The van der Waals surface area contributed by atoms with Gasteiger partial charge < -0.3 is 24.4 Å². The van der Waals surface area contributed by atoms with Crippen molar-refractivity contribution in [3.05, 3.63) is 25.3 Å². The maximum Gasteiger partial charge on any atom is 0.313 e. The van der Waals surface area contributed by atoms with Crippen molar-refractivity contribution < 1.29 is 29.0 Å². The Bertz CT molecular complexity index is 798. The maximum absolute atomic E-state index is 13.9. The van der Waals surface area contributed by atoms with E-state index in [1.54, 1.807) is 15.9 Å². The van der Waals surface area contributed by atoms with Crippen LogP contribution in [0.3, 0.4) is 0 Å². The highest BCUT2D eigenvalue weighted by Crippen LogP contribution is 2.63. The number of carbonyl (C=O) groups excluding carboxylic acids is 3. The molecule has 8 heteroatoms. The maximum atomic E-state index is 13.9. The fourth-order valence-electron chi connectivity index (χ4n) is 5.96. The van der Waals surface area contributed by atoms with Crippen LogP contribution < -0.4 is 0 Å². The molecule has 3 saturated heterocycles. The van der Waals surface area contributed by atoms with Crippen LogP contribution in [-0.4, -0.2) is 82.3 Å². The number of aliphatic hydroxyl groups is 1. The highest BCUT2D eigenvalue weighted by molar-refractivity contribution is 5.98. The Morgan fingerprint density at radius 2 is 2.00 bits per heavy atom. The molecular weight excluding hydrogens is 424 g/mol. The van der Waals surface area contributed by atoms with Gasteiger partial charge in [0, 0.05) is 25.7 Å². The van der Waals surface area contributed by atoms with Gasteiger partial charge in [-0.2, -0.15) is 0 Å². The second kappa shape index (κ2) is 9.97. The van der Waals surface area contributed by atoms with Crippen molar-refractivity contribution in [2.24, 2.45) is 11.8 Å². The molecule has 1 spiro atoms. The van der Waals surface area contributed by atoms with E-state index in [9.17, 15) is 14.4 Å². The number of nitrogens with zero attached hydrogens (tertiary/aromatic N) is 2. The first-order valence-corrected chi connectivity index (χ1v) is 12.0. The van der Waals surface area contributed by atoms with E-state index in [1.807, 2.05) is 20.8 Å². The van der Waals surface area contributed by atoms with Crippen molar-refractivity contribution in [3.63, 3.8) is 0 Å². The number of rotatable bonds is 12. The topological polar surface area (TPSA) is 96.4 Å². The van der Waals surface area contributed by atoms with Gasteiger partial charge in [-0.1, -0.05) is 18.7 Å². The average Bonchev–Trinajstić information content (AvgIpc) is 3.33. The predicted molar refractivity (Wildman–Crippen MR) is 123 cm³/mol. The lowest BCUT2D eigenvalue weighted by molar-refractivity contribution is -0.159. The minimum absolute atomic E-state index is 0.0625. The van der Waals surface area contributed by atoms with Crippen molar-refractivity contribution in [1.82, 2.24) is 9.80 Å². The Morgan fingerprint density at radius 3 is 2.61 bits per heavy atom. The highest BCUT2D eigenvalue weighted by Gasteiger charge is 2.78. The molecule has 0 aliphatic carbocycles. The van der Waals surface area contributed by atoms with Crippen LogP contribution in [0, 0.1) is 11.8 Å². The molecular formula is C25H38N2O6. The third kappa shape index (κ3) is 4.23. The van der Waals surface area contributed by atoms with Crippen LogP contribution >= 0.6 is 0 Å². The van der Waals surface area contributed by atoms with E-state index in [2.05, 4.69) is 13.2 Å². The molecule has 2 amide bonds. The molecule has 0 radical (unpaired) electrons. The van der Waals surface area contributed by atoms with Gasteiger partial charge >= 0.3 is 5.97 Å². The first-order valence-electron chi connectivity index (χ1n) is 12.0. The van der Waals surface area contributed by atoms with Gasteiger partial charge in [0.15, 0.2) is 0 Å². The van der Waals surface area contributed by atoms with Gasteiger partial charge in [-0.05, 0) is 52.9 Å². The molecule has 184 valence electrons. The summed E-state index contributed by atoms with van der Waals surface area (Å²) in [6, 6.07) is -0.884. The number of esters is 1. The monoisotopic (exact) mass is 462 g/mol. The quantitative estimate of drug-likeness (QED) is 0.271. The van der Waals surface area contributed by atoms with E-state index in [4.69, 9.17) is 14.6 Å². The summed E-state index contributed by atoms with van der Waals surface area (Å²) in [6.45, 7) is 14.0. The molecule has 3 aliphatic rings. The highest BCUT2D eigenvalue weighted by atomic mass is 16.6. The lowest BCUT2D eigenvalue weighted by atomic mass is 9.66. The second-order valence-electron chi connectivity index (χ2n) is 9.84. The number of unbranched alkanes of at least 4 members (excludes halogenated alkanes) is 2. The van der Waals surface area contributed by atoms with Gasteiger partial charge in [0.2, 0.25) is 11.8 Å². The van der Waals surface area contributed by atoms with Gasteiger partial charge in [0.1, 0.15) is 24.2 Å². The molecule has 8 nitrogen and oxygen atoms in total. The van der Waals surface area contributed by atoms with Crippen LogP contribution in [0.1, 0.15) is 52.9 Å². The molecule has 1 N–H and O–H groups in total. The van der Waals surface area contributed by atoms with Gasteiger partial charge in [-0.3, -0.25) is 14.4 Å². The lowest BCUT2D eigenvalue weighted by Gasteiger charge is -2.38. The number of hydrogen-bond acceptors (Lipinski definition) is 6. The Kier molecular flexibility index (Phi) is 7.69. The molecule has 2 unspecified atom stereocenters. The smallest absolute Gasteiger partial charge is 0.313 e. The zero-order valence-electron chi connectivity index (χ0n) is 20.1. The fourth-order valence-corrected chi connectivity index (χ4v) is 5.96. The number of amides is 2. The number of hydrogen-bond donors (Lipinski definition) is 1.